The molecule has 0 saturated heterocycles. The van der Waals surface area contributed by atoms with Crippen LogP contribution in [0, 0.1) is 17.0 Å². The number of aromatic carboxylic acids is 1. The van der Waals surface area contributed by atoms with Gasteiger partial charge in [0, 0.05) is 0 Å². The summed E-state index contributed by atoms with van der Waals surface area (Å²) in [5, 5.41) is 28.7. The highest BCUT2D eigenvalue weighted by Gasteiger charge is 2.27. The molecule has 0 aromatic heterocycles. The Hall–Kier alpha value is -1.63. The van der Waals surface area contributed by atoms with Gasteiger partial charge in [-0.3, -0.25) is 10.1 Å². The van der Waals surface area contributed by atoms with Gasteiger partial charge in [0.05, 0.1) is 9.40 Å². The van der Waals surface area contributed by atoms with Crippen LogP contribution in [0.1, 0.15) is 15.9 Å². The molecule has 0 atom stereocenters. The van der Waals surface area contributed by atoms with E-state index < -0.39 is 27.9 Å². The van der Waals surface area contributed by atoms with Crippen LogP contribution in [-0.2, 0) is 0 Å². The normalized spacial score (nSPS) is 10.0. The molecular weight excluding hydrogens is 270 g/mol. The van der Waals surface area contributed by atoms with Gasteiger partial charge in [-0.1, -0.05) is 0 Å². The number of carboxylic acid groups (broad SMARTS) is 1. The van der Waals surface area contributed by atoms with Crippen molar-refractivity contribution >= 4 is 27.6 Å². The number of aryl methyl sites for hydroxylation is 1. The summed E-state index contributed by atoms with van der Waals surface area (Å²) in [6, 6.07) is 1.13. The maximum Gasteiger partial charge on any atom is 0.342 e. The van der Waals surface area contributed by atoms with Gasteiger partial charge in [-0.2, -0.15) is 0 Å². The monoisotopic (exact) mass is 275 g/mol. The highest BCUT2D eigenvalue weighted by atomic mass is 79.9. The van der Waals surface area contributed by atoms with Gasteiger partial charge in [-0.15, -0.1) is 0 Å². The lowest BCUT2D eigenvalue weighted by atomic mass is 10.1. The summed E-state index contributed by atoms with van der Waals surface area (Å²) < 4.78 is 0.124. The third kappa shape index (κ3) is 1.91. The molecule has 1 aromatic carbocycles. The molecule has 0 bridgehead atoms. The number of carbonyl (C=O) groups is 1. The highest BCUT2D eigenvalue weighted by molar-refractivity contribution is 9.10. The van der Waals surface area contributed by atoms with Crippen molar-refractivity contribution in [3.8, 4) is 5.75 Å². The van der Waals surface area contributed by atoms with Crippen LogP contribution < -0.4 is 0 Å². The molecule has 2 N–H and O–H groups in total. The molecule has 80 valence electrons. The van der Waals surface area contributed by atoms with E-state index in [9.17, 15) is 20.0 Å². The van der Waals surface area contributed by atoms with Crippen molar-refractivity contribution in [3.05, 3.63) is 31.8 Å². The Morgan fingerprint density at radius 2 is 2.13 bits per heavy atom. The molecule has 0 radical (unpaired) electrons. The van der Waals surface area contributed by atoms with Crippen molar-refractivity contribution in [1.29, 1.82) is 0 Å². The molecule has 0 heterocycles. The summed E-state index contributed by atoms with van der Waals surface area (Å²) in [4.78, 5) is 20.4. The number of phenols is 1. The van der Waals surface area contributed by atoms with Crippen LogP contribution >= 0.6 is 15.9 Å². The second-order valence-corrected chi connectivity index (χ2v) is 3.61. The molecule has 1 rings (SSSR count). The van der Waals surface area contributed by atoms with E-state index in [0.29, 0.717) is 5.56 Å². The minimum atomic E-state index is -1.45. The smallest absolute Gasteiger partial charge is 0.342 e. The number of carboxylic acids is 1. The molecule has 0 aliphatic carbocycles. The maximum absolute atomic E-state index is 10.7. The van der Waals surface area contributed by atoms with Gasteiger partial charge >= 0.3 is 11.7 Å². The number of benzene rings is 1. The Kier molecular flexibility index (Phi) is 2.94. The van der Waals surface area contributed by atoms with E-state index >= 15 is 0 Å². The number of hydrogen-bond donors (Lipinski definition) is 2. The lowest BCUT2D eigenvalue weighted by Gasteiger charge is -2.05. The molecule has 7 heteroatoms. The molecular formula is C8H6BrNO5. The summed E-state index contributed by atoms with van der Waals surface area (Å²) in [5.41, 5.74) is -0.923. The number of nitrogens with zero attached hydrogens (tertiary/aromatic N) is 1. The molecule has 0 aliphatic heterocycles. The predicted molar refractivity (Wildman–Crippen MR) is 54.2 cm³/mol. The highest BCUT2D eigenvalue weighted by Crippen LogP contribution is 2.39. The van der Waals surface area contributed by atoms with Gasteiger partial charge in [0.1, 0.15) is 5.56 Å². The van der Waals surface area contributed by atoms with Crippen molar-refractivity contribution in [2.24, 2.45) is 0 Å². The Morgan fingerprint density at radius 1 is 1.60 bits per heavy atom. The maximum atomic E-state index is 10.7. The number of aromatic hydroxyl groups is 1. The van der Waals surface area contributed by atoms with Crippen LogP contribution in [0.5, 0.6) is 5.75 Å². The summed E-state index contributed by atoms with van der Waals surface area (Å²) >= 11 is 2.93. The molecule has 0 aliphatic rings. The first-order valence-corrected chi connectivity index (χ1v) is 4.55. The van der Waals surface area contributed by atoms with Crippen LogP contribution in [0.2, 0.25) is 0 Å². The third-order valence-electron chi connectivity index (χ3n) is 1.81. The van der Waals surface area contributed by atoms with Crippen molar-refractivity contribution in [1.82, 2.24) is 0 Å². The summed E-state index contributed by atoms with van der Waals surface area (Å²) in [6.07, 6.45) is 0. The quantitative estimate of drug-likeness (QED) is 0.636. The zero-order valence-corrected chi connectivity index (χ0v) is 9.11. The van der Waals surface area contributed by atoms with Crippen LogP contribution in [-0.4, -0.2) is 21.1 Å². The molecule has 6 nitrogen and oxygen atoms in total. The molecule has 0 saturated carbocycles. The topological polar surface area (TPSA) is 101 Å². The molecule has 15 heavy (non-hydrogen) atoms. The minimum Gasteiger partial charge on any atom is -0.501 e. The van der Waals surface area contributed by atoms with Gasteiger partial charge in [0.2, 0.25) is 5.75 Å². The molecule has 0 fully saturated rings. The first-order chi connectivity index (χ1) is 6.86. The number of phenolic OH excluding ortho intramolecular Hbond substituents is 1. The Balaban J connectivity index is 3.65. The van der Waals surface area contributed by atoms with Crippen molar-refractivity contribution in [3.63, 3.8) is 0 Å². The Labute approximate surface area is 92.4 Å². The summed E-state index contributed by atoms with van der Waals surface area (Å²) in [7, 11) is 0. The van der Waals surface area contributed by atoms with Crippen molar-refractivity contribution in [2.75, 3.05) is 0 Å². The van der Waals surface area contributed by atoms with Gasteiger partial charge in [0.25, 0.3) is 0 Å². The van der Waals surface area contributed by atoms with E-state index in [1.807, 2.05) is 0 Å². The zero-order valence-electron chi connectivity index (χ0n) is 7.52. The first kappa shape index (κ1) is 11.4. The second kappa shape index (κ2) is 3.85. The van der Waals surface area contributed by atoms with Crippen LogP contribution in [0.15, 0.2) is 10.5 Å². The molecule has 0 unspecified atom stereocenters. The fourth-order valence-corrected chi connectivity index (χ4v) is 1.42. The minimum absolute atomic E-state index is 0.124. The van der Waals surface area contributed by atoms with E-state index in [1.165, 1.54) is 6.92 Å². The summed E-state index contributed by atoms with van der Waals surface area (Å²) in [5.74, 6) is -2.12. The van der Waals surface area contributed by atoms with Gasteiger partial charge < -0.3 is 10.2 Å². The fourth-order valence-electron chi connectivity index (χ4n) is 1.11. The van der Waals surface area contributed by atoms with E-state index in [-0.39, 0.29) is 4.47 Å². The van der Waals surface area contributed by atoms with E-state index in [1.54, 1.807) is 0 Å². The van der Waals surface area contributed by atoms with Gasteiger partial charge in [-0.25, -0.2) is 4.79 Å². The Morgan fingerprint density at radius 3 is 2.53 bits per heavy atom. The lowest BCUT2D eigenvalue weighted by molar-refractivity contribution is -0.386. The van der Waals surface area contributed by atoms with Gasteiger partial charge in [0.15, 0.2) is 0 Å². The van der Waals surface area contributed by atoms with Crippen molar-refractivity contribution in [2.45, 2.75) is 6.92 Å². The SMILES string of the molecule is Cc1cc(C(=O)O)c([N+](=O)[O-])c(O)c1Br. The number of rotatable bonds is 2. The number of nitro benzene ring substituents is 1. The fraction of sp³-hybridized carbons (Fsp3) is 0.125. The number of hydrogen-bond acceptors (Lipinski definition) is 4. The molecule has 0 amide bonds. The van der Waals surface area contributed by atoms with E-state index in [2.05, 4.69) is 15.9 Å². The Bertz CT molecular complexity index is 457. The first-order valence-electron chi connectivity index (χ1n) is 3.76. The van der Waals surface area contributed by atoms with Crippen LogP contribution in [0.3, 0.4) is 0 Å². The average molecular weight is 276 g/mol. The van der Waals surface area contributed by atoms with Crippen LogP contribution in [0.4, 0.5) is 5.69 Å². The largest absolute Gasteiger partial charge is 0.501 e. The number of nitro groups is 1. The van der Waals surface area contributed by atoms with E-state index in [4.69, 9.17) is 5.11 Å². The average Bonchev–Trinajstić information content (AvgIpc) is 2.12. The number of halogens is 1. The van der Waals surface area contributed by atoms with Crippen LogP contribution in [0.25, 0.3) is 0 Å². The van der Waals surface area contributed by atoms with Crippen molar-refractivity contribution < 1.29 is 19.9 Å². The zero-order chi connectivity index (χ0) is 11.7. The second-order valence-electron chi connectivity index (χ2n) is 2.81. The van der Waals surface area contributed by atoms with Gasteiger partial charge in [-0.05, 0) is 34.5 Å². The molecule has 1 aromatic rings. The summed E-state index contributed by atoms with van der Waals surface area (Å²) in [6.45, 7) is 1.53. The lowest BCUT2D eigenvalue weighted by Crippen LogP contribution is -2.04. The van der Waals surface area contributed by atoms with E-state index in [0.717, 1.165) is 6.07 Å². The standard InChI is InChI=1S/C8H6BrNO5/c1-3-2-4(8(12)13)6(10(14)15)7(11)5(3)9/h2,11H,1H3,(H,12,13). The third-order valence-corrected chi connectivity index (χ3v) is 2.81. The predicted octanol–water partition coefficient (Wildman–Crippen LogP) is 2.07. The molecule has 0 spiro atoms.